The quantitative estimate of drug-likeness (QED) is 0.487. The third-order valence-electron chi connectivity index (χ3n) is 6.24. The number of fused-ring (bicyclic) bond motifs is 2. The number of aromatic nitrogens is 2. The van der Waals surface area contributed by atoms with Crippen LogP contribution in [0.25, 0.3) is 10.8 Å². The molecular formula is C26H23FN4O2. The van der Waals surface area contributed by atoms with Gasteiger partial charge in [0.25, 0.3) is 11.5 Å². The van der Waals surface area contributed by atoms with Gasteiger partial charge in [0.15, 0.2) is 0 Å². The van der Waals surface area contributed by atoms with Crippen molar-refractivity contribution in [2.24, 2.45) is 0 Å². The molecule has 0 saturated heterocycles. The van der Waals surface area contributed by atoms with Crippen LogP contribution < -0.4 is 15.8 Å². The Labute approximate surface area is 190 Å². The SMILES string of the molecule is CCNC1(C)C(=O)N(c2cc(Cc3n[nH]c(=O)c4ccccc34)ccc2F)c2ccccc21. The topological polar surface area (TPSA) is 78.1 Å². The summed E-state index contributed by atoms with van der Waals surface area (Å²) in [7, 11) is 0. The van der Waals surface area contributed by atoms with Gasteiger partial charge in [0, 0.05) is 17.4 Å². The number of nitrogens with one attached hydrogen (secondary N) is 2. The predicted molar refractivity (Wildman–Crippen MR) is 126 cm³/mol. The Hall–Kier alpha value is -3.84. The molecule has 1 aromatic heterocycles. The fourth-order valence-electron chi connectivity index (χ4n) is 4.64. The van der Waals surface area contributed by atoms with Gasteiger partial charge in [-0.05, 0) is 43.3 Å². The summed E-state index contributed by atoms with van der Waals surface area (Å²) in [5.74, 6) is -0.712. The maximum atomic E-state index is 15.1. The Morgan fingerprint density at radius 3 is 2.52 bits per heavy atom. The monoisotopic (exact) mass is 442 g/mol. The van der Waals surface area contributed by atoms with Crippen molar-refractivity contribution in [1.29, 1.82) is 0 Å². The molecule has 0 bridgehead atoms. The van der Waals surface area contributed by atoms with Gasteiger partial charge in [-0.2, -0.15) is 5.10 Å². The second kappa shape index (κ2) is 7.94. The zero-order chi connectivity index (χ0) is 23.2. The van der Waals surface area contributed by atoms with Crippen LogP contribution in [0.2, 0.25) is 0 Å². The number of likely N-dealkylation sites (N-methyl/N-ethyl adjacent to an activating group) is 1. The first-order chi connectivity index (χ1) is 15.9. The number of nitrogens with zero attached hydrogens (tertiary/aromatic N) is 2. The molecule has 0 spiro atoms. The lowest BCUT2D eigenvalue weighted by Crippen LogP contribution is -2.47. The van der Waals surface area contributed by atoms with Crippen LogP contribution in [0.5, 0.6) is 0 Å². The second-order valence-electron chi connectivity index (χ2n) is 8.32. The Bertz CT molecular complexity index is 1450. The standard InChI is InChI=1S/C26H23FN4O2/c1-3-28-26(2)19-10-6-7-11-22(19)31(25(26)33)23-15-16(12-13-20(23)27)14-21-17-8-4-5-9-18(17)24(32)30-29-21/h4-13,15,28H,3,14H2,1-2H3,(H,30,32). The number of para-hydroxylation sites is 1. The molecule has 6 nitrogen and oxygen atoms in total. The number of hydrogen-bond donors (Lipinski definition) is 2. The first-order valence-corrected chi connectivity index (χ1v) is 10.9. The van der Waals surface area contributed by atoms with E-state index in [4.69, 9.17) is 0 Å². The average Bonchev–Trinajstić information content (AvgIpc) is 3.04. The number of hydrogen-bond acceptors (Lipinski definition) is 4. The van der Waals surface area contributed by atoms with E-state index in [0.29, 0.717) is 29.7 Å². The number of carbonyl (C=O) groups is 1. The first-order valence-electron chi connectivity index (χ1n) is 10.9. The number of rotatable bonds is 5. The summed E-state index contributed by atoms with van der Waals surface area (Å²) < 4.78 is 15.1. The smallest absolute Gasteiger partial charge is 0.272 e. The van der Waals surface area contributed by atoms with Crippen molar-refractivity contribution < 1.29 is 9.18 Å². The highest BCUT2D eigenvalue weighted by molar-refractivity contribution is 6.12. The van der Waals surface area contributed by atoms with E-state index in [0.717, 1.165) is 16.5 Å². The number of benzene rings is 3. The molecule has 0 radical (unpaired) electrons. The fourth-order valence-corrected chi connectivity index (χ4v) is 4.64. The van der Waals surface area contributed by atoms with E-state index in [2.05, 4.69) is 15.5 Å². The summed E-state index contributed by atoms with van der Waals surface area (Å²) in [5.41, 5.74) is 1.93. The first kappa shape index (κ1) is 21.0. The largest absolute Gasteiger partial charge is 0.300 e. The molecule has 1 atom stereocenters. The van der Waals surface area contributed by atoms with Gasteiger partial charge in [-0.3, -0.25) is 14.5 Å². The fraction of sp³-hybridized carbons (Fsp3) is 0.192. The van der Waals surface area contributed by atoms with Gasteiger partial charge >= 0.3 is 0 Å². The van der Waals surface area contributed by atoms with Crippen molar-refractivity contribution in [3.05, 3.63) is 99.7 Å². The molecule has 2 N–H and O–H groups in total. The molecule has 0 aliphatic carbocycles. The van der Waals surface area contributed by atoms with Crippen molar-refractivity contribution in [2.75, 3.05) is 11.4 Å². The Morgan fingerprint density at radius 2 is 1.73 bits per heavy atom. The highest BCUT2D eigenvalue weighted by atomic mass is 19.1. The van der Waals surface area contributed by atoms with Crippen molar-refractivity contribution >= 4 is 28.1 Å². The third-order valence-corrected chi connectivity index (χ3v) is 6.24. The van der Waals surface area contributed by atoms with Crippen LogP contribution in [0.4, 0.5) is 15.8 Å². The van der Waals surface area contributed by atoms with Crippen LogP contribution in [-0.2, 0) is 16.8 Å². The summed E-state index contributed by atoms with van der Waals surface area (Å²) in [5, 5.41) is 11.3. The Morgan fingerprint density at radius 1 is 1.00 bits per heavy atom. The molecule has 1 unspecified atom stereocenters. The molecule has 7 heteroatoms. The number of H-pyrrole nitrogens is 1. The minimum Gasteiger partial charge on any atom is -0.300 e. The lowest BCUT2D eigenvalue weighted by Gasteiger charge is -2.25. The van der Waals surface area contributed by atoms with E-state index >= 15 is 4.39 Å². The molecule has 0 saturated carbocycles. The molecule has 2 heterocycles. The van der Waals surface area contributed by atoms with Crippen LogP contribution in [0.15, 0.2) is 71.5 Å². The van der Waals surface area contributed by atoms with Gasteiger partial charge in [-0.15, -0.1) is 0 Å². The van der Waals surface area contributed by atoms with Crippen LogP contribution in [0.1, 0.15) is 30.7 Å². The van der Waals surface area contributed by atoms with E-state index in [1.807, 2.05) is 50.2 Å². The molecule has 33 heavy (non-hydrogen) atoms. The zero-order valence-electron chi connectivity index (χ0n) is 18.4. The van der Waals surface area contributed by atoms with Crippen molar-refractivity contribution in [3.63, 3.8) is 0 Å². The molecule has 166 valence electrons. The van der Waals surface area contributed by atoms with Crippen molar-refractivity contribution in [3.8, 4) is 0 Å². The molecule has 0 fully saturated rings. The van der Waals surface area contributed by atoms with E-state index in [9.17, 15) is 9.59 Å². The van der Waals surface area contributed by atoms with E-state index in [1.165, 1.54) is 11.0 Å². The van der Waals surface area contributed by atoms with E-state index in [-0.39, 0.29) is 17.2 Å². The maximum absolute atomic E-state index is 15.1. The van der Waals surface area contributed by atoms with Gasteiger partial charge in [0.1, 0.15) is 11.4 Å². The number of halogens is 1. The summed E-state index contributed by atoms with van der Waals surface area (Å²) in [6.07, 6.45) is 0.374. The van der Waals surface area contributed by atoms with Crippen molar-refractivity contribution in [1.82, 2.24) is 15.5 Å². The normalized spacial score (nSPS) is 17.5. The highest BCUT2D eigenvalue weighted by Crippen LogP contribution is 2.45. The van der Waals surface area contributed by atoms with Gasteiger partial charge < -0.3 is 5.32 Å². The molecule has 1 amide bonds. The molecule has 1 aliphatic heterocycles. The minimum atomic E-state index is -0.940. The number of amides is 1. The van der Waals surface area contributed by atoms with Crippen molar-refractivity contribution in [2.45, 2.75) is 25.8 Å². The lowest BCUT2D eigenvalue weighted by molar-refractivity contribution is -0.123. The summed E-state index contributed by atoms with van der Waals surface area (Å²) >= 11 is 0. The van der Waals surface area contributed by atoms with Gasteiger partial charge in [0.2, 0.25) is 0 Å². The maximum Gasteiger partial charge on any atom is 0.272 e. The molecule has 4 aromatic rings. The number of aromatic amines is 1. The molecule has 1 aliphatic rings. The number of anilines is 2. The molecular weight excluding hydrogens is 419 g/mol. The third kappa shape index (κ3) is 3.32. The van der Waals surface area contributed by atoms with Crippen LogP contribution in [-0.4, -0.2) is 22.6 Å². The van der Waals surface area contributed by atoms with Gasteiger partial charge in [0.05, 0.1) is 22.5 Å². The predicted octanol–water partition coefficient (Wildman–Crippen LogP) is 4.16. The van der Waals surface area contributed by atoms with Crippen LogP contribution in [0, 0.1) is 5.82 Å². The zero-order valence-corrected chi connectivity index (χ0v) is 18.4. The van der Waals surface area contributed by atoms with Crippen LogP contribution >= 0.6 is 0 Å². The average molecular weight is 442 g/mol. The Balaban J connectivity index is 1.59. The molecule has 5 rings (SSSR count). The summed E-state index contributed by atoms with van der Waals surface area (Å²) in [4.78, 5) is 27.1. The summed E-state index contributed by atoms with van der Waals surface area (Å²) in [6, 6.07) is 19.4. The second-order valence-corrected chi connectivity index (χ2v) is 8.32. The highest BCUT2D eigenvalue weighted by Gasteiger charge is 2.48. The summed E-state index contributed by atoms with van der Waals surface area (Å²) in [6.45, 7) is 4.36. The number of carbonyl (C=O) groups excluding carboxylic acids is 1. The minimum absolute atomic E-state index is 0.195. The lowest BCUT2D eigenvalue weighted by atomic mass is 9.93. The van der Waals surface area contributed by atoms with Gasteiger partial charge in [-0.25, -0.2) is 9.49 Å². The molecule has 3 aromatic carbocycles. The van der Waals surface area contributed by atoms with Gasteiger partial charge in [-0.1, -0.05) is 49.4 Å². The van der Waals surface area contributed by atoms with E-state index in [1.54, 1.807) is 24.3 Å². The van der Waals surface area contributed by atoms with Crippen LogP contribution in [0.3, 0.4) is 0 Å². The Kier molecular flexibility index (Phi) is 5.06. The van der Waals surface area contributed by atoms with E-state index < -0.39 is 11.4 Å².